The smallest absolute Gasteiger partial charge is 0.139 e. The Bertz CT molecular complexity index is 520. The summed E-state index contributed by atoms with van der Waals surface area (Å²) in [5.74, 6) is 3.76. The number of likely N-dealkylation sites (N-methyl/N-ethyl adjacent to an activating group) is 1. The molecule has 4 saturated carbocycles. The van der Waals surface area contributed by atoms with Crippen LogP contribution in [0.4, 0.5) is 0 Å². The molecule has 3 heteroatoms. The highest BCUT2D eigenvalue weighted by Crippen LogP contribution is 2.65. The highest BCUT2D eigenvalue weighted by molar-refractivity contribution is 5.87. The fourth-order valence-corrected chi connectivity index (χ4v) is 7.47. The maximum atomic E-state index is 12.5. The zero-order valence-electron chi connectivity index (χ0n) is 16.5. The second-order valence-corrected chi connectivity index (χ2v) is 9.95. The standard InChI is InChI=1S/C22H37NO2/c1-21-10-8-16(25-13-12-23-3)14-15(21)4-5-17-18-6-7-20(24)22(18,2)11-9-19(17)21/h15-19,23H,4-14H2,1-3H3/t15?,16-,17?,18?,19?,21-,22-/m0/s1. The third-order valence-corrected chi connectivity index (χ3v) is 9.03. The van der Waals surface area contributed by atoms with E-state index in [1.165, 1.54) is 44.9 Å². The minimum atomic E-state index is 0.0256. The minimum absolute atomic E-state index is 0.0256. The molecule has 0 heterocycles. The minimum Gasteiger partial charge on any atom is -0.377 e. The lowest BCUT2D eigenvalue weighted by atomic mass is 9.45. The lowest BCUT2D eigenvalue weighted by Crippen LogP contribution is -2.54. The van der Waals surface area contributed by atoms with E-state index in [1.54, 1.807) is 0 Å². The van der Waals surface area contributed by atoms with Gasteiger partial charge in [-0.3, -0.25) is 4.79 Å². The van der Waals surface area contributed by atoms with Gasteiger partial charge in [0.05, 0.1) is 12.7 Å². The molecule has 0 aromatic rings. The van der Waals surface area contributed by atoms with E-state index in [4.69, 9.17) is 4.74 Å². The average Bonchev–Trinajstić information content (AvgIpc) is 2.90. The first-order valence-corrected chi connectivity index (χ1v) is 10.8. The van der Waals surface area contributed by atoms with Crippen LogP contribution >= 0.6 is 0 Å². The van der Waals surface area contributed by atoms with E-state index in [0.717, 1.165) is 43.7 Å². The molecule has 0 amide bonds. The molecular weight excluding hydrogens is 310 g/mol. The molecular formula is C22H37NO2. The number of ether oxygens (including phenoxy) is 1. The average molecular weight is 348 g/mol. The van der Waals surface area contributed by atoms with Crippen molar-refractivity contribution in [2.24, 2.45) is 34.5 Å². The van der Waals surface area contributed by atoms with E-state index in [2.05, 4.69) is 19.2 Å². The summed E-state index contributed by atoms with van der Waals surface area (Å²) in [7, 11) is 1.99. The monoisotopic (exact) mass is 347 g/mol. The van der Waals surface area contributed by atoms with Crippen LogP contribution in [-0.2, 0) is 9.53 Å². The Labute approximate surface area is 153 Å². The molecule has 0 aromatic carbocycles. The largest absolute Gasteiger partial charge is 0.377 e. The van der Waals surface area contributed by atoms with E-state index < -0.39 is 0 Å². The van der Waals surface area contributed by atoms with Crippen molar-refractivity contribution in [3.63, 3.8) is 0 Å². The van der Waals surface area contributed by atoms with Crippen LogP contribution in [0.2, 0.25) is 0 Å². The third-order valence-electron chi connectivity index (χ3n) is 9.03. The van der Waals surface area contributed by atoms with Crippen molar-refractivity contribution in [1.29, 1.82) is 0 Å². The van der Waals surface area contributed by atoms with Crippen LogP contribution < -0.4 is 5.32 Å². The second kappa shape index (κ2) is 6.64. The van der Waals surface area contributed by atoms with Crippen LogP contribution in [0.25, 0.3) is 0 Å². The molecule has 1 N–H and O–H groups in total. The fraction of sp³-hybridized carbons (Fsp3) is 0.955. The van der Waals surface area contributed by atoms with Crippen molar-refractivity contribution in [2.45, 2.75) is 77.7 Å². The van der Waals surface area contributed by atoms with Gasteiger partial charge in [0.25, 0.3) is 0 Å². The summed E-state index contributed by atoms with van der Waals surface area (Å²) in [6.45, 7) is 6.69. The molecule has 4 rings (SSSR count). The molecule has 7 atom stereocenters. The molecule has 4 fully saturated rings. The van der Waals surface area contributed by atoms with Crippen molar-refractivity contribution in [1.82, 2.24) is 5.32 Å². The van der Waals surface area contributed by atoms with Gasteiger partial charge in [0.2, 0.25) is 0 Å². The van der Waals surface area contributed by atoms with Gasteiger partial charge in [-0.2, -0.15) is 0 Å². The van der Waals surface area contributed by atoms with Crippen molar-refractivity contribution in [3.8, 4) is 0 Å². The number of hydrogen-bond acceptors (Lipinski definition) is 3. The Kier molecular flexibility index (Phi) is 4.77. The molecule has 0 aromatic heterocycles. The van der Waals surface area contributed by atoms with Crippen LogP contribution in [0.15, 0.2) is 0 Å². The topological polar surface area (TPSA) is 38.3 Å². The first kappa shape index (κ1) is 18.0. The first-order valence-electron chi connectivity index (χ1n) is 10.8. The number of ketones is 1. The van der Waals surface area contributed by atoms with Gasteiger partial charge in [-0.05, 0) is 87.5 Å². The number of hydrogen-bond donors (Lipinski definition) is 1. The van der Waals surface area contributed by atoms with Gasteiger partial charge in [-0.1, -0.05) is 13.8 Å². The molecule has 142 valence electrons. The van der Waals surface area contributed by atoms with Crippen LogP contribution in [0.1, 0.15) is 71.6 Å². The van der Waals surface area contributed by atoms with Crippen LogP contribution in [-0.4, -0.2) is 32.1 Å². The maximum Gasteiger partial charge on any atom is 0.139 e. The molecule has 4 aliphatic rings. The second-order valence-electron chi connectivity index (χ2n) is 9.95. The predicted octanol–water partition coefficient (Wildman–Crippen LogP) is 4.20. The predicted molar refractivity (Wildman–Crippen MR) is 100 cm³/mol. The molecule has 0 radical (unpaired) electrons. The molecule has 4 aliphatic carbocycles. The molecule has 4 unspecified atom stereocenters. The van der Waals surface area contributed by atoms with Gasteiger partial charge >= 0.3 is 0 Å². The zero-order chi connectivity index (χ0) is 17.7. The summed E-state index contributed by atoms with van der Waals surface area (Å²) in [4.78, 5) is 12.5. The van der Waals surface area contributed by atoms with Gasteiger partial charge in [-0.15, -0.1) is 0 Å². The van der Waals surface area contributed by atoms with Crippen molar-refractivity contribution in [2.75, 3.05) is 20.2 Å². The SMILES string of the molecule is CNCCO[C@H]1CC[C@@]2(C)C(CCC3C2CC[C@]2(C)C(=O)CCC32)C1. The Morgan fingerprint density at radius 3 is 2.72 bits per heavy atom. The molecule has 25 heavy (non-hydrogen) atoms. The number of carbonyl (C=O) groups excluding carboxylic acids is 1. The number of carbonyl (C=O) groups is 1. The van der Waals surface area contributed by atoms with Crippen LogP contribution in [0.5, 0.6) is 0 Å². The molecule has 0 saturated heterocycles. The van der Waals surface area contributed by atoms with Gasteiger partial charge in [-0.25, -0.2) is 0 Å². The van der Waals surface area contributed by atoms with E-state index >= 15 is 0 Å². The number of Topliss-reactive ketones (excluding diaryl/α,β-unsaturated/α-hetero) is 1. The normalized spacial score (nSPS) is 49.4. The summed E-state index contributed by atoms with van der Waals surface area (Å²) in [5.41, 5.74) is 0.524. The van der Waals surface area contributed by atoms with E-state index in [1.807, 2.05) is 7.05 Å². The quantitative estimate of drug-likeness (QED) is 0.775. The van der Waals surface area contributed by atoms with Crippen LogP contribution in [0, 0.1) is 34.5 Å². The lowest BCUT2D eigenvalue weighted by molar-refractivity contribution is -0.145. The number of nitrogens with one attached hydrogen (secondary N) is 1. The Balaban J connectivity index is 1.46. The van der Waals surface area contributed by atoms with Gasteiger partial charge in [0.1, 0.15) is 5.78 Å². The van der Waals surface area contributed by atoms with E-state index in [0.29, 0.717) is 23.2 Å². The maximum absolute atomic E-state index is 12.5. The summed E-state index contributed by atoms with van der Waals surface area (Å²) in [6.07, 6.45) is 11.5. The Morgan fingerprint density at radius 1 is 1.08 bits per heavy atom. The summed E-state index contributed by atoms with van der Waals surface area (Å²) < 4.78 is 6.15. The Morgan fingerprint density at radius 2 is 1.92 bits per heavy atom. The molecule has 3 nitrogen and oxygen atoms in total. The van der Waals surface area contributed by atoms with Gasteiger partial charge in [0, 0.05) is 18.4 Å². The van der Waals surface area contributed by atoms with Crippen molar-refractivity contribution in [3.05, 3.63) is 0 Å². The Hall–Kier alpha value is -0.410. The summed E-state index contributed by atoms with van der Waals surface area (Å²) in [6, 6.07) is 0. The van der Waals surface area contributed by atoms with Crippen molar-refractivity contribution >= 4 is 5.78 Å². The van der Waals surface area contributed by atoms with E-state index in [9.17, 15) is 4.79 Å². The van der Waals surface area contributed by atoms with Gasteiger partial charge in [0.15, 0.2) is 0 Å². The molecule has 0 aliphatic heterocycles. The zero-order valence-corrected chi connectivity index (χ0v) is 16.5. The fourth-order valence-electron chi connectivity index (χ4n) is 7.47. The highest BCUT2D eigenvalue weighted by atomic mass is 16.5. The third kappa shape index (κ3) is 2.81. The van der Waals surface area contributed by atoms with Crippen LogP contribution in [0.3, 0.4) is 0 Å². The summed E-state index contributed by atoms with van der Waals surface area (Å²) in [5, 5.41) is 3.18. The molecule has 0 bridgehead atoms. The van der Waals surface area contributed by atoms with E-state index in [-0.39, 0.29) is 5.41 Å². The summed E-state index contributed by atoms with van der Waals surface area (Å²) >= 11 is 0. The lowest BCUT2D eigenvalue weighted by Gasteiger charge is -2.60. The van der Waals surface area contributed by atoms with Gasteiger partial charge < -0.3 is 10.1 Å². The first-order chi connectivity index (χ1) is 12.0. The number of rotatable bonds is 4. The molecule has 0 spiro atoms. The van der Waals surface area contributed by atoms with Crippen molar-refractivity contribution < 1.29 is 9.53 Å². The number of fused-ring (bicyclic) bond motifs is 5. The highest BCUT2D eigenvalue weighted by Gasteiger charge is 2.60.